The summed E-state index contributed by atoms with van der Waals surface area (Å²) in [5, 5.41) is 3.39. The van der Waals surface area contributed by atoms with Crippen molar-refractivity contribution in [1.29, 1.82) is 0 Å². The Morgan fingerprint density at radius 3 is 2.38 bits per heavy atom. The molecular formula is C17H26N2O2. The number of carbonyl (C=O) groups is 1. The molecule has 1 aliphatic heterocycles. The highest BCUT2D eigenvalue weighted by molar-refractivity contribution is 5.84. The normalized spacial score (nSPS) is 23.7. The first kappa shape index (κ1) is 15.8. The van der Waals surface area contributed by atoms with Crippen LogP contribution in [0.3, 0.4) is 0 Å². The molecule has 1 heterocycles. The van der Waals surface area contributed by atoms with Crippen molar-refractivity contribution in [2.24, 2.45) is 5.92 Å². The van der Waals surface area contributed by atoms with Gasteiger partial charge in [-0.15, -0.1) is 0 Å². The summed E-state index contributed by atoms with van der Waals surface area (Å²) in [5.41, 5.74) is 1.10. The molecule has 2 rings (SSSR count). The van der Waals surface area contributed by atoms with E-state index in [2.05, 4.69) is 26.1 Å². The van der Waals surface area contributed by atoms with Crippen molar-refractivity contribution in [3.63, 3.8) is 0 Å². The Hall–Kier alpha value is -1.55. The smallest absolute Gasteiger partial charge is 0.241 e. The highest BCUT2D eigenvalue weighted by atomic mass is 16.5. The second-order valence-electron chi connectivity index (χ2n) is 6.02. The maximum atomic E-state index is 12.4. The van der Waals surface area contributed by atoms with Crippen LogP contribution in [0.25, 0.3) is 0 Å². The molecule has 1 N–H and O–H groups in total. The molecule has 0 spiro atoms. The first-order valence-corrected chi connectivity index (χ1v) is 7.76. The van der Waals surface area contributed by atoms with Gasteiger partial charge in [0.15, 0.2) is 0 Å². The van der Waals surface area contributed by atoms with Gasteiger partial charge in [-0.05, 0) is 44.4 Å². The van der Waals surface area contributed by atoms with Crippen LogP contribution in [0, 0.1) is 5.92 Å². The van der Waals surface area contributed by atoms with E-state index in [1.807, 2.05) is 43.0 Å². The number of benzene rings is 1. The highest BCUT2D eigenvalue weighted by Crippen LogP contribution is 2.30. The molecule has 21 heavy (non-hydrogen) atoms. The summed E-state index contributed by atoms with van der Waals surface area (Å²) in [4.78, 5) is 14.4. The molecule has 116 valence electrons. The number of nitrogens with one attached hydrogen (secondary N) is 1. The number of ether oxygens (including phenoxy) is 1. The molecule has 3 unspecified atom stereocenters. The maximum Gasteiger partial charge on any atom is 0.241 e. The predicted octanol–water partition coefficient (Wildman–Crippen LogP) is 2.95. The van der Waals surface area contributed by atoms with Crippen LogP contribution >= 0.6 is 0 Å². The van der Waals surface area contributed by atoms with Gasteiger partial charge in [-0.2, -0.15) is 0 Å². The van der Waals surface area contributed by atoms with Gasteiger partial charge in [0.05, 0.1) is 12.6 Å². The lowest BCUT2D eigenvalue weighted by molar-refractivity contribution is -0.132. The summed E-state index contributed by atoms with van der Waals surface area (Å²) >= 11 is 0. The maximum absolute atomic E-state index is 12.4. The lowest BCUT2D eigenvalue weighted by atomic mass is 10.0. The molecule has 1 saturated heterocycles. The van der Waals surface area contributed by atoms with Crippen molar-refractivity contribution >= 4 is 5.91 Å². The first-order chi connectivity index (χ1) is 9.95. The lowest BCUT2D eigenvalue weighted by Crippen LogP contribution is -2.41. The quantitative estimate of drug-likeness (QED) is 0.906. The van der Waals surface area contributed by atoms with E-state index in [1.165, 1.54) is 0 Å². The monoisotopic (exact) mass is 290 g/mol. The Kier molecular flexibility index (Phi) is 4.88. The molecule has 1 aromatic rings. The predicted molar refractivity (Wildman–Crippen MR) is 84.1 cm³/mol. The second kappa shape index (κ2) is 6.48. The van der Waals surface area contributed by atoms with Gasteiger partial charge >= 0.3 is 0 Å². The number of hydrogen-bond donors (Lipinski definition) is 1. The molecule has 4 nitrogen and oxygen atoms in total. The van der Waals surface area contributed by atoms with Crippen molar-refractivity contribution in [2.75, 3.05) is 6.61 Å². The van der Waals surface area contributed by atoms with E-state index >= 15 is 0 Å². The summed E-state index contributed by atoms with van der Waals surface area (Å²) < 4.78 is 5.48. The van der Waals surface area contributed by atoms with Gasteiger partial charge in [0.2, 0.25) is 5.91 Å². The van der Waals surface area contributed by atoms with Crippen molar-refractivity contribution in [3.05, 3.63) is 29.8 Å². The van der Waals surface area contributed by atoms with Crippen LogP contribution in [0.1, 0.15) is 46.3 Å². The Bertz CT molecular complexity index is 484. The van der Waals surface area contributed by atoms with E-state index in [9.17, 15) is 4.79 Å². The van der Waals surface area contributed by atoms with Gasteiger partial charge in [0, 0.05) is 6.04 Å². The zero-order valence-electron chi connectivity index (χ0n) is 13.6. The van der Waals surface area contributed by atoms with Gasteiger partial charge in [-0.25, -0.2) is 0 Å². The molecule has 4 heteroatoms. The molecule has 0 radical (unpaired) electrons. The number of rotatable bonds is 5. The van der Waals surface area contributed by atoms with Crippen molar-refractivity contribution in [1.82, 2.24) is 10.2 Å². The summed E-state index contributed by atoms with van der Waals surface area (Å²) in [6, 6.07) is 8.06. The van der Waals surface area contributed by atoms with Crippen molar-refractivity contribution < 1.29 is 9.53 Å². The number of amides is 1. The molecule has 1 aromatic carbocycles. The molecule has 0 aliphatic carbocycles. The largest absolute Gasteiger partial charge is 0.494 e. The standard InChI is InChI=1S/C17H26N2O2/c1-6-21-15-9-7-14(8-10-15)16-18-12(4)17(20)19(16)13(5)11(2)3/h7-13,16,18H,6H2,1-5H3. The summed E-state index contributed by atoms with van der Waals surface area (Å²) in [6.07, 6.45) is -0.0550. The van der Waals surface area contributed by atoms with Crippen LogP contribution in [0.4, 0.5) is 0 Å². The average Bonchev–Trinajstić information content (AvgIpc) is 2.75. The Balaban J connectivity index is 2.25. The van der Waals surface area contributed by atoms with E-state index < -0.39 is 0 Å². The van der Waals surface area contributed by atoms with Crippen LogP contribution in [0.2, 0.25) is 0 Å². The summed E-state index contributed by atoms with van der Waals surface area (Å²) in [5.74, 6) is 1.46. The Morgan fingerprint density at radius 1 is 1.24 bits per heavy atom. The minimum atomic E-state index is -0.136. The molecule has 3 atom stereocenters. The van der Waals surface area contributed by atoms with E-state index in [0.29, 0.717) is 12.5 Å². The van der Waals surface area contributed by atoms with E-state index in [-0.39, 0.29) is 24.2 Å². The highest BCUT2D eigenvalue weighted by Gasteiger charge is 2.40. The third-order valence-corrected chi connectivity index (χ3v) is 4.22. The van der Waals surface area contributed by atoms with E-state index in [0.717, 1.165) is 11.3 Å². The zero-order chi connectivity index (χ0) is 15.6. The summed E-state index contributed by atoms with van der Waals surface area (Å²) in [6.45, 7) is 11.0. The first-order valence-electron chi connectivity index (χ1n) is 7.76. The van der Waals surface area contributed by atoms with Gasteiger partial charge < -0.3 is 9.64 Å². The molecular weight excluding hydrogens is 264 g/mol. The third kappa shape index (κ3) is 3.21. The lowest BCUT2D eigenvalue weighted by Gasteiger charge is -2.33. The Labute approximate surface area is 127 Å². The molecule has 0 aromatic heterocycles. The minimum absolute atomic E-state index is 0.0550. The van der Waals surface area contributed by atoms with Crippen LogP contribution in [-0.4, -0.2) is 29.5 Å². The van der Waals surface area contributed by atoms with Crippen LogP contribution in [0.5, 0.6) is 5.75 Å². The van der Waals surface area contributed by atoms with Crippen LogP contribution < -0.4 is 10.1 Å². The molecule has 1 amide bonds. The van der Waals surface area contributed by atoms with Gasteiger partial charge in [-0.1, -0.05) is 26.0 Å². The van der Waals surface area contributed by atoms with Gasteiger partial charge in [0.25, 0.3) is 0 Å². The van der Waals surface area contributed by atoms with E-state index in [4.69, 9.17) is 4.74 Å². The van der Waals surface area contributed by atoms with Crippen molar-refractivity contribution in [3.8, 4) is 5.75 Å². The van der Waals surface area contributed by atoms with Crippen LogP contribution in [-0.2, 0) is 4.79 Å². The van der Waals surface area contributed by atoms with Crippen molar-refractivity contribution in [2.45, 2.75) is 52.9 Å². The molecule has 0 bridgehead atoms. The third-order valence-electron chi connectivity index (χ3n) is 4.22. The van der Waals surface area contributed by atoms with Crippen LogP contribution in [0.15, 0.2) is 24.3 Å². The van der Waals surface area contributed by atoms with Gasteiger partial charge in [-0.3, -0.25) is 10.1 Å². The number of hydrogen-bond acceptors (Lipinski definition) is 3. The fourth-order valence-corrected chi connectivity index (χ4v) is 2.67. The number of carbonyl (C=O) groups excluding carboxylic acids is 1. The summed E-state index contributed by atoms with van der Waals surface area (Å²) in [7, 11) is 0. The fraction of sp³-hybridized carbons (Fsp3) is 0.588. The molecule has 1 fully saturated rings. The topological polar surface area (TPSA) is 41.6 Å². The number of nitrogens with zero attached hydrogens (tertiary/aromatic N) is 1. The Morgan fingerprint density at radius 2 is 1.86 bits per heavy atom. The molecule has 1 aliphatic rings. The second-order valence-corrected chi connectivity index (χ2v) is 6.02. The van der Waals surface area contributed by atoms with Gasteiger partial charge in [0.1, 0.15) is 11.9 Å². The fourth-order valence-electron chi connectivity index (χ4n) is 2.67. The minimum Gasteiger partial charge on any atom is -0.494 e. The SMILES string of the molecule is CCOc1ccc(C2NC(C)C(=O)N2C(C)C(C)C)cc1. The van der Waals surface area contributed by atoms with E-state index in [1.54, 1.807) is 0 Å². The zero-order valence-corrected chi connectivity index (χ0v) is 13.6. The average molecular weight is 290 g/mol. The molecule has 0 saturated carbocycles.